The van der Waals surface area contributed by atoms with Crippen molar-refractivity contribution in [3.05, 3.63) is 35.4 Å². The van der Waals surface area contributed by atoms with E-state index in [2.05, 4.69) is 29.6 Å². The second kappa shape index (κ2) is 5.65. The maximum absolute atomic E-state index is 5.49. The van der Waals surface area contributed by atoms with Crippen LogP contribution in [0.4, 0.5) is 0 Å². The van der Waals surface area contributed by atoms with Gasteiger partial charge in [-0.15, -0.1) is 0 Å². The number of benzene rings is 1. The molecule has 0 aromatic heterocycles. The zero-order chi connectivity index (χ0) is 14.1. The summed E-state index contributed by atoms with van der Waals surface area (Å²) in [5.74, 6) is 1.15. The fourth-order valence-electron chi connectivity index (χ4n) is 3.56. The largest absolute Gasteiger partial charge is 0.381 e. The Labute approximate surface area is 130 Å². The van der Waals surface area contributed by atoms with Crippen molar-refractivity contribution in [2.75, 3.05) is 19.0 Å². The summed E-state index contributed by atoms with van der Waals surface area (Å²) in [7, 11) is 0. The van der Waals surface area contributed by atoms with Crippen LogP contribution in [0.2, 0.25) is 0 Å². The maximum atomic E-state index is 5.49. The molecule has 3 nitrogen and oxygen atoms in total. The van der Waals surface area contributed by atoms with E-state index in [4.69, 9.17) is 9.73 Å². The molecule has 2 fully saturated rings. The van der Waals surface area contributed by atoms with Crippen LogP contribution >= 0.6 is 11.8 Å². The molecule has 112 valence electrons. The molecule has 1 aromatic rings. The summed E-state index contributed by atoms with van der Waals surface area (Å²) >= 11 is 1.91. The zero-order valence-electron chi connectivity index (χ0n) is 12.3. The quantitative estimate of drug-likeness (QED) is 0.866. The third kappa shape index (κ3) is 2.84. The smallest absolute Gasteiger partial charge is 0.157 e. The molecule has 1 spiro atoms. The predicted molar refractivity (Wildman–Crippen MR) is 88.1 cm³/mol. The first-order valence-corrected chi connectivity index (χ1v) is 8.95. The Morgan fingerprint density at radius 2 is 2.00 bits per heavy atom. The number of aliphatic imine (C=N–C) groups is 1. The van der Waals surface area contributed by atoms with Crippen molar-refractivity contribution in [3.63, 3.8) is 0 Å². The van der Waals surface area contributed by atoms with Crippen LogP contribution in [0.3, 0.4) is 0 Å². The normalized spacial score (nSPS) is 29.3. The molecule has 21 heavy (non-hydrogen) atoms. The lowest BCUT2D eigenvalue weighted by Gasteiger charge is -2.32. The molecule has 4 heteroatoms. The summed E-state index contributed by atoms with van der Waals surface area (Å²) in [6.07, 6.45) is 5.68. The minimum Gasteiger partial charge on any atom is -0.381 e. The lowest BCUT2D eigenvalue weighted by atomic mass is 9.89. The predicted octanol–water partition coefficient (Wildman–Crippen LogP) is 2.79. The first-order chi connectivity index (χ1) is 10.3. The van der Waals surface area contributed by atoms with Gasteiger partial charge in [0.1, 0.15) is 0 Å². The standard InChI is InChI=1S/C17H22N2OS/c1-2-4-14-11-15(6-5-13(14)3-1)18-16-19-17(12-21-16)7-9-20-10-8-17/h1-4,15H,5-12H2,(H,18,19). The van der Waals surface area contributed by atoms with Crippen LogP contribution < -0.4 is 5.32 Å². The highest BCUT2D eigenvalue weighted by Crippen LogP contribution is 2.33. The van der Waals surface area contributed by atoms with E-state index >= 15 is 0 Å². The van der Waals surface area contributed by atoms with Gasteiger partial charge in [-0.05, 0) is 43.2 Å². The van der Waals surface area contributed by atoms with Crippen molar-refractivity contribution in [2.45, 2.75) is 43.7 Å². The number of fused-ring (bicyclic) bond motifs is 1. The number of nitrogens with zero attached hydrogens (tertiary/aromatic N) is 1. The Morgan fingerprint density at radius 1 is 1.19 bits per heavy atom. The molecule has 1 atom stereocenters. The van der Waals surface area contributed by atoms with Crippen molar-refractivity contribution in [3.8, 4) is 0 Å². The number of amidine groups is 1. The fourth-order valence-corrected chi connectivity index (χ4v) is 4.85. The van der Waals surface area contributed by atoms with Crippen molar-refractivity contribution in [1.29, 1.82) is 0 Å². The van der Waals surface area contributed by atoms with Crippen LogP contribution in [0.5, 0.6) is 0 Å². The third-order valence-electron chi connectivity index (χ3n) is 4.93. The molecule has 2 heterocycles. The van der Waals surface area contributed by atoms with Gasteiger partial charge in [0, 0.05) is 19.0 Å². The molecule has 0 saturated carbocycles. The third-order valence-corrected chi connectivity index (χ3v) is 6.11. The van der Waals surface area contributed by atoms with E-state index in [-0.39, 0.29) is 5.54 Å². The molecule has 0 radical (unpaired) electrons. The molecular formula is C17H22N2OS. The summed E-state index contributed by atoms with van der Waals surface area (Å²) < 4.78 is 5.49. The number of thioether (sulfide) groups is 1. The van der Waals surface area contributed by atoms with Crippen LogP contribution in [0.15, 0.2) is 29.3 Å². The molecule has 2 saturated heterocycles. The molecule has 3 aliphatic rings. The number of aryl methyl sites for hydroxylation is 1. The Kier molecular flexibility index (Phi) is 3.67. The molecule has 4 rings (SSSR count). The Hall–Kier alpha value is -1.000. The number of hydrogen-bond acceptors (Lipinski definition) is 3. The average molecular weight is 302 g/mol. The van der Waals surface area contributed by atoms with Crippen LogP contribution in [0.25, 0.3) is 0 Å². The number of nitrogens with one attached hydrogen (secondary N) is 1. The van der Waals surface area contributed by atoms with Crippen molar-refractivity contribution >= 4 is 16.9 Å². The van der Waals surface area contributed by atoms with Crippen molar-refractivity contribution in [1.82, 2.24) is 5.32 Å². The van der Waals surface area contributed by atoms with Gasteiger partial charge in [0.2, 0.25) is 0 Å². The monoisotopic (exact) mass is 302 g/mol. The first-order valence-electron chi connectivity index (χ1n) is 7.96. The van der Waals surface area contributed by atoms with Crippen LogP contribution in [-0.4, -0.2) is 35.7 Å². The number of hydrogen-bond donors (Lipinski definition) is 1. The highest BCUT2D eigenvalue weighted by atomic mass is 32.2. The van der Waals surface area contributed by atoms with E-state index in [1.54, 1.807) is 0 Å². The maximum Gasteiger partial charge on any atom is 0.157 e. The Bertz CT molecular complexity index is 551. The van der Waals surface area contributed by atoms with E-state index in [1.807, 2.05) is 11.8 Å². The van der Waals surface area contributed by atoms with E-state index in [9.17, 15) is 0 Å². The molecule has 1 aromatic carbocycles. The minimum absolute atomic E-state index is 0.258. The SMILES string of the molecule is c1ccc2c(c1)CCC(N=C1NC3(CCOCC3)CS1)C2. The molecular weight excluding hydrogens is 280 g/mol. The second-order valence-corrected chi connectivity index (χ2v) is 7.37. The van der Waals surface area contributed by atoms with Gasteiger partial charge in [0.05, 0.1) is 11.6 Å². The molecule has 2 aliphatic heterocycles. The van der Waals surface area contributed by atoms with Crippen molar-refractivity contribution < 1.29 is 4.74 Å². The summed E-state index contributed by atoms with van der Waals surface area (Å²) in [4.78, 5) is 5.01. The number of rotatable bonds is 1. The average Bonchev–Trinajstić information content (AvgIpc) is 2.90. The van der Waals surface area contributed by atoms with Gasteiger partial charge in [-0.3, -0.25) is 4.99 Å². The lowest BCUT2D eigenvalue weighted by molar-refractivity contribution is 0.0555. The van der Waals surface area contributed by atoms with E-state index in [0.717, 1.165) is 38.2 Å². The Morgan fingerprint density at radius 3 is 2.86 bits per heavy atom. The minimum atomic E-state index is 0.258. The summed E-state index contributed by atoms with van der Waals surface area (Å²) in [6, 6.07) is 9.27. The molecule has 0 amide bonds. The van der Waals surface area contributed by atoms with Gasteiger partial charge in [0.25, 0.3) is 0 Å². The number of ether oxygens (including phenoxy) is 1. The van der Waals surface area contributed by atoms with Crippen LogP contribution in [0.1, 0.15) is 30.4 Å². The van der Waals surface area contributed by atoms with Gasteiger partial charge in [-0.25, -0.2) is 0 Å². The van der Waals surface area contributed by atoms with E-state index in [1.165, 1.54) is 29.1 Å². The summed E-state index contributed by atoms with van der Waals surface area (Å²) in [5, 5.41) is 4.88. The van der Waals surface area contributed by atoms with Gasteiger partial charge < -0.3 is 10.1 Å². The molecule has 1 aliphatic carbocycles. The van der Waals surface area contributed by atoms with Crippen molar-refractivity contribution in [2.24, 2.45) is 4.99 Å². The second-order valence-electron chi connectivity index (χ2n) is 6.41. The van der Waals surface area contributed by atoms with Gasteiger partial charge in [-0.2, -0.15) is 0 Å². The summed E-state index contributed by atoms with van der Waals surface area (Å²) in [6.45, 7) is 1.77. The fraction of sp³-hybridized carbons (Fsp3) is 0.588. The lowest BCUT2D eigenvalue weighted by Crippen LogP contribution is -2.48. The summed E-state index contributed by atoms with van der Waals surface area (Å²) in [5.41, 5.74) is 3.26. The van der Waals surface area contributed by atoms with Gasteiger partial charge in [-0.1, -0.05) is 36.0 Å². The highest BCUT2D eigenvalue weighted by Gasteiger charge is 2.38. The highest BCUT2D eigenvalue weighted by molar-refractivity contribution is 8.14. The van der Waals surface area contributed by atoms with Crippen LogP contribution in [-0.2, 0) is 17.6 Å². The first kappa shape index (κ1) is 13.6. The van der Waals surface area contributed by atoms with Gasteiger partial charge in [0.15, 0.2) is 5.17 Å². The zero-order valence-corrected chi connectivity index (χ0v) is 13.1. The Balaban J connectivity index is 1.45. The molecule has 1 N–H and O–H groups in total. The van der Waals surface area contributed by atoms with Crippen LogP contribution in [0, 0.1) is 0 Å². The van der Waals surface area contributed by atoms with Gasteiger partial charge >= 0.3 is 0 Å². The molecule has 0 bridgehead atoms. The van der Waals surface area contributed by atoms with E-state index < -0.39 is 0 Å². The van der Waals surface area contributed by atoms with E-state index in [0.29, 0.717) is 6.04 Å². The topological polar surface area (TPSA) is 33.6 Å². The molecule has 1 unspecified atom stereocenters.